The quantitative estimate of drug-likeness (QED) is 0.842. The molecular weight excluding hydrogens is 315 g/mol. The maximum atomic E-state index is 14.3. The zero-order valence-corrected chi connectivity index (χ0v) is 12.7. The van der Waals surface area contributed by atoms with Gasteiger partial charge < -0.3 is 10.6 Å². The van der Waals surface area contributed by atoms with Gasteiger partial charge in [-0.15, -0.1) is 0 Å². The van der Waals surface area contributed by atoms with Gasteiger partial charge in [0.25, 0.3) is 0 Å². The molecule has 0 spiro atoms. The number of rotatable bonds is 2. The molecule has 1 aliphatic rings. The molecule has 0 aromatic heterocycles. The molecule has 98 valence electrons. The lowest BCUT2D eigenvalue weighted by Crippen LogP contribution is -2.33. The number of anilines is 1. The summed E-state index contributed by atoms with van der Waals surface area (Å²) in [5, 5.41) is 0. The lowest BCUT2D eigenvalue weighted by molar-refractivity contribution is 0.434. The maximum absolute atomic E-state index is 14.3. The second-order valence-electron chi connectivity index (χ2n) is 4.79. The molecule has 1 fully saturated rings. The van der Waals surface area contributed by atoms with Gasteiger partial charge in [0.05, 0.1) is 10.2 Å². The van der Waals surface area contributed by atoms with Gasteiger partial charge in [-0.2, -0.15) is 0 Å². The van der Waals surface area contributed by atoms with Crippen LogP contribution < -0.4 is 10.6 Å². The van der Waals surface area contributed by atoms with E-state index in [-0.39, 0.29) is 10.8 Å². The molecule has 5 heteroatoms. The Hall–Kier alpha value is -0.680. The van der Waals surface area contributed by atoms with Crippen LogP contribution in [0.4, 0.5) is 10.1 Å². The first-order valence-electron chi connectivity index (χ1n) is 6.03. The van der Waals surface area contributed by atoms with E-state index in [2.05, 4.69) is 27.8 Å². The summed E-state index contributed by atoms with van der Waals surface area (Å²) >= 11 is 8.13. The zero-order chi connectivity index (χ0) is 13.3. The molecule has 2 nitrogen and oxygen atoms in total. The summed E-state index contributed by atoms with van der Waals surface area (Å²) in [6.07, 6.45) is 2.21. The minimum Gasteiger partial charge on any atom is -0.389 e. The SMILES string of the molecule is CC1CCN(c2ccc(C(N)=S)c(Br)c2F)CC1. The van der Waals surface area contributed by atoms with Crippen LogP contribution >= 0.6 is 28.1 Å². The summed E-state index contributed by atoms with van der Waals surface area (Å²) in [5.74, 6) is 0.457. The molecule has 0 amide bonds. The first-order chi connectivity index (χ1) is 8.50. The molecule has 1 aromatic rings. The molecule has 1 aromatic carbocycles. The average molecular weight is 331 g/mol. The Labute approximate surface area is 120 Å². The topological polar surface area (TPSA) is 29.3 Å². The van der Waals surface area contributed by atoms with Crippen LogP contribution in [0.15, 0.2) is 16.6 Å². The highest BCUT2D eigenvalue weighted by Gasteiger charge is 2.21. The second kappa shape index (κ2) is 5.53. The summed E-state index contributed by atoms with van der Waals surface area (Å²) < 4.78 is 14.7. The van der Waals surface area contributed by atoms with Crippen molar-refractivity contribution in [3.05, 3.63) is 28.0 Å². The van der Waals surface area contributed by atoms with Crippen molar-refractivity contribution in [2.75, 3.05) is 18.0 Å². The van der Waals surface area contributed by atoms with Gasteiger partial charge in [-0.05, 0) is 46.8 Å². The zero-order valence-electron chi connectivity index (χ0n) is 10.2. The monoisotopic (exact) mass is 330 g/mol. The average Bonchev–Trinajstić information content (AvgIpc) is 2.33. The summed E-state index contributed by atoms with van der Waals surface area (Å²) in [6, 6.07) is 3.55. The number of piperidine rings is 1. The van der Waals surface area contributed by atoms with Crippen LogP contribution in [0.5, 0.6) is 0 Å². The Bertz CT molecular complexity index is 470. The highest BCUT2D eigenvalue weighted by molar-refractivity contribution is 9.10. The molecule has 1 saturated heterocycles. The van der Waals surface area contributed by atoms with E-state index in [4.69, 9.17) is 18.0 Å². The Kier molecular flexibility index (Phi) is 4.22. The lowest BCUT2D eigenvalue weighted by Gasteiger charge is -2.32. The van der Waals surface area contributed by atoms with Crippen molar-refractivity contribution in [3.63, 3.8) is 0 Å². The van der Waals surface area contributed by atoms with Crippen molar-refractivity contribution < 1.29 is 4.39 Å². The van der Waals surface area contributed by atoms with Crippen molar-refractivity contribution in [1.29, 1.82) is 0 Å². The normalized spacial score (nSPS) is 16.9. The second-order valence-corrected chi connectivity index (χ2v) is 6.03. The molecule has 0 aliphatic carbocycles. The smallest absolute Gasteiger partial charge is 0.161 e. The van der Waals surface area contributed by atoms with E-state index in [0.29, 0.717) is 15.7 Å². The van der Waals surface area contributed by atoms with Crippen molar-refractivity contribution in [3.8, 4) is 0 Å². The van der Waals surface area contributed by atoms with Crippen LogP contribution in [0.25, 0.3) is 0 Å². The maximum Gasteiger partial charge on any atom is 0.161 e. The van der Waals surface area contributed by atoms with E-state index in [9.17, 15) is 4.39 Å². The molecule has 2 rings (SSSR count). The number of nitrogens with two attached hydrogens (primary N) is 1. The van der Waals surface area contributed by atoms with E-state index in [0.717, 1.165) is 31.8 Å². The van der Waals surface area contributed by atoms with Gasteiger partial charge in [-0.3, -0.25) is 0 Å². The number of thiocarbonyl (C=S) groups is 1. The van der Waals surface area contributed by atoms with Gasteiger partial charge >= 0.3 is 0 Å². The minimum absolute atomic E-state index is 0.208. The van der Waals surface area contributed by atoms with Crippen LogP contribution in [-0.4, -0.2) is 18.1 Å². The van der Waals surface area contributed by atoms with E-state index in [1.54, 1.807) is 12.1 Å². The number of benzene rings is 1. The van der Waals surface area contributed by atoms with Crippen molar-refractivity contribution >= 4 is 38.8 Å². The fourth-order valence-electron chi connectivity index (χ4n) is 2.22. The number of nitrogens with zero attached hydrogens (tertiary/aromatic N) is 1. The van der Waals surface area contributed by atoms with Gasteiger partial charge in [0.15, 0.2) is 5.82 Å². The van der Waals surface area contributed by atoms with Crippen LogP contribution in [0.2, 0.25) is 0 Å². The number of hydrogen-bond acceptors (Lipinski definition) is 2. The molecule has 0 atom stereocenters. The van der Waals surface area contributed by atoms with Crippen molar-refractivity contribution in [1.82, 2.24) is 0 Å². The molecule has 1 aliphatic heterocycles. The highest BCUT2D eigenvalue weighted by Crippen LogP contribution is 2.31. The number of halogens is 2. The molecule has 0 unspecified atom stereocenters. The fraction of sp³-hybridized carbons (Fsp3) is 0.462. The Morgan fingerprint density at radius 1 is 1.44 bits per heavy atom. The predicted octanol–water partition coefficient (Wildman–Crippen LogP) is 3.46. The van der Waals surface area contributed by atoms with Gasteiger partial charge in [0.1, 0.15) is 4.99 Å². The van der Waals surface area contributed by atoms with E-state index in [1.807, 2.05) is 0 Å². The van der Waals surface area contributed by atoms with E-state index < -0.39 is 0 Å². The minimum atomic E-state index is -0.269. The largest absolute Gasteiger partial charge is 0.389 e. The lowest BCUT2D eigenvalue weighted by atomic mass is 9.98. The van der Waals surface area contributed by atoms with Crippen LogP contribution in [0.3, 0.4) is 0 Å². The molecule has 0 saturated carbocycles. The molecule has 18 heavy (non-hydrogen) atoms. The molecule has 0 bridgehead atoms. The Balaban J connectivity index is 2.30. The van der Waals surface area contributed by atoms with Crippen LogP contribution in [0, 0.1) is 11.7 Å². The molecule has 2 N–H and O–H groups in total. The van der Waals surface area contributed by atoms with Gasteiger partial charge in [0, 0.05) is 18.7 Å². The van der Waals surface area contributed by atoms with Crippen molar-refractivity contribution in [2.45, 2.75) is 19.8 Å². The first kappa shape index (κ1) is 13.7. The fourth-order valence-corrected chi connectivity index (χ4v) is 3.07. The third-order valence-corrected chi connectivity index (χ3v) is 4.45. The predicted molar refractivity (Wildman–Crippen MR) is 80.6 cm³/mol. The summed E-state index contributed by atoms with van der Waals surface area (Å²) in [7, 11) is 0. The molecular formula is C13H16BrFN2S. The third kappa shape index (κ3) is 2.67. The summed E-state index contributed by atoms with van der Waals surface area (Å²) in [4.78, 5) is 2.29. The highest BCUT2D eigenvalue weighted by atomic mass is 79.9. The molecule has 0 radical (unpaired) electrons. The van der Waals surface area contributed by atoms with E-state index >= 15 is 0 Å². The van der Waals surface area contributed by atoms with Crippen molar-refractivity contribution in [2.24, 2.45) is 11.7 Å². The Morgan fingerprint density at radius 2 is 2.06 bits per heavy atom. The van der Waals surface area contributed by atoms with Gasteiger partial charge in [0.2, 0.25) is 0 Å². The first-order valence-corrected chi connectivity index (χ1v) is 7.23. The summed E-state index contributed by atoms with van der Waals surface area (Å²) in [5.41, 5.74) is 6.74. The Morgan fingerprint density at radius 3 is 2.61 bits per heavy atom. The summed E-state index contributed by atoms with van der Waals surface area (Å²) in [6.45, 7) is 4.04. The standard InChI is InChI=1S/C13H16BrFN2S/c1-8-4-6-17(7-5-8)10-3-2-9(13(16)18)11(14)12(10)15/h2-3,8H,4-7H2,1H3,(H2,16,18). The van der Waals surface area contributed by atoms with E-state index in [1.165, 1.54) is 0 Å². The third-order valence-electron chi connectivity index (χ3n) is 3.45. The van der Waals surface area contributed by atoms with Gasteiger partial charge in [-0.25, -0.2) is 4.39 Å². The van der Waals surface area contributed by atoms with Crippen LogP contribution in [-0.2, 0) is 0 Å². The van der Waals surface area contributed by atoms with Gasteiger partial charge in [-0.1, -0.05) is 19.1 Å². The van der Waals surface area contributed by atoms with Crippen LogP contribution in [0.1, 0.15) is 25.3 Å². The molecule has 1 heterocycles. The number of hydrogen-bond donors (Lipinski definition) is 1.